The molecule has 6 heteroatoms. The third kappa shape index (κ3) is 3.98. The van der Waals surface area contributed by atoms with Gasteiger partial charge in [-0.05, 0) is 30.0 Å². The van der Waals surface area contributed by atoms with Crippen molar-refractivity contribution in [2.75, 3.05) is 6.54 Å². The average molecular weight is 366 g/mol. The highest BCUT2D eigenvalue weighted by Crippen LogP contribution is 2.40. The van der Waals surface area contributed by atoms with Gasteiger partial charge < -0.3 is 15.1 Å². The van der Waals surface area contributed by atoms with E-state index in [9.17, 15) is 19.8 Å². The minimum Gasteiger partial charge on any atom is -0.506 e. The number of rotatable bonds is 7. The lowest BCUT2D eigenvalue weighted by atomic mass is 9.92. The third-order valence-electron chi connectivity index (χ3n) is 4.24. The first-order valence-electron chi connectivity index (χ1n) is 8.53. The van der Waals surface area contributed by atoms with Crippen LogP contribution in [0.3, 0.4) is 0 Å². The summed E-state index contributed by atoms with van der Waals surface area (Å²) < 4.78 is 0. The molecule has 1 aliphatic rings. The third-order valence-corrected chi connectivity index (χ3v) is 4.54. The van der Waals surface area contributed by atoms with Gasteiger partial charge in [0.1, 0.15) is 5.75 Å². The molecule has 0 radical (unpaired) electrons. The van der Waals surface area contributed by atoms with Crippen molar-refractivity contribution in [3.05, 3.63) is 40.1 Å². The van der Waals surface area contributed by atoms with Gasteiger partial charge in [-0.2, -0.15) is 0 Å². The van der Waals surface area contributed by atoms with Crippen molar-refractivity contribution in [3.8, 4) is 5.75 Å². The monoisotopic (exact) mass is 365 g/mol. The van der Waals surface area contributed by atoms with Crippen molar-refractivity contribution in [2.24, 2.45) is 5.92 Å². The van der Waals surface area contributed by atoms with Crippen LogP contribution in [0.1, 0.15) is 51.6 Å². The first kappa shape index (κ1) is 19.3. The van der Waals surface area contributed by atoms with E-state index in [2.05, 4.69) is 0 Å². The summed E-state index contributed by atoms with van der Waals surface area (Å²) >= 11 is 6.01. The summed E-state index contributed by atoms with van der Waals surface area (Å²) in [7, 11) is 0. The van der Waals surface area contributed by atoms with E-state index in [4.69, 9.17) is 11.6 Å². The number of benzene rings is 1. The number of Topliss-reactive ketones (excluding diaryl/α,β-unsaturated/α-hetero) is 1. The van der Waals surface area contributed by atoms with Crippen LogP contribution in [0.25, 0.3) is 0 Å². The van der Waals surface area contributed by atoms with E-state index in [1.807, 2.05) is 20.8 Å². The minimum atomic E-state index is -0.677. The van der Waals surface area contributed by atoms with Gasteiger partial charge >= 0.3 is 0 Å². The summed E-state index contributed by atoms with van der Waals surface area (Å²) in [6, 6.07) is 3.91. The van der Waals surface area contributed by atoms with Crippen molar-refractivity contribution in [2.45, 2.75) is 46.1 Å². The molecule has 25 heavy (non-hydrogen) atoms. The first-order chi connectivity index (χ1) is 11.8. The number of ketones is 1. The second-order valence-corrected chi connectivity index (χ2v) is 7.16. The van der Waals surface area contributed by atoms with Gasteiger partial charge in [-0.15, -0.1) is 0 Å². The number of halogens is 1. The van der Waals surface area contributed by atoms with E-state index in [1.165, 1.54) is 17.0 Å². The summed E-state index contributed by atoms with van der Waals surface area (Å²) in [5.41, 5.74) is 0.722. The molecule has 1 aromatic rings. The molecular formula is C19H24ClNO4. The van der Waals surface area contributed by atoms with Crippen LogP contribution in [0.5, 0.6) is 5.75 Å². The van der Waals surface area contributed by atoms with E-state index in [0.717, 1.165) is 12.8 Å². The summed E-state index contributed by atoms with van der Waals surface area (Å²) in [6.07, 6.45) is 1.88. The zero-order valence-electron chi connectivity index (χ0n) is 14.8. The Morgan fingerprint density at radius 3 is 2.56 bits per heavy atom. The fourth-order valence-corrected chi connectivity index (χ4v) is 3.21. The summed E-state index contributed by atoms with van der Waals surface area (Å²) in [6.45, 7) is 6.26. The van der Waals surface area contributed by atoms with Crippen LogP contribution in [0.4, 0.5) is 0 Å². The molecule has 0 fully saturated rings. The normalized spacial score (nSPS) is 17.7. The van der Waals surface area contributed by atoms with Crippen LogP contribution < -0.4 is 0 Å². The summed E-state index contributed by atoms with van der Waals surface area (Å²) in [4.78, 5) is 26.7. The molecule has 2 rings (SSSR count). The number of aliphatic hydroxyl groups is 1. The molecule has 1 aliphatic heterocycles. The van der Waals surface area contributed by atoms with E-state index in [1.54, 1.807) is 6.07 Å². The fraction of sp³-hybridized carbons (Fsp3) is 0.474. The van der Waals surface area contributed by atoms with Gasteiger partial charge in [0.05, 0.1) is 16.6 Å². The smallest absolute Gasteiger partial charge is 0.290 e. The lowest BCUT2D eigenvalue weighted by Crippen LogP contribution is -2.32. The quantitative estimate of drug-likeness (QED) is 0.760. The number of carbonyl (C=O) groups excluding carboxylic acids is 2. The van der Waals surface area contributed by atoms with E-state index >= 15 is 0 Å². The predicted molar refractivity (Wildman–Crippen MR) is 96.6 cm³/mol. The van der Waals surface area contributed by atoms with Crippen LogP contribution in [-0.2, 0) is 9.59 Å². The van der Waals surface area contributed by atoms with Crippen LogP contribution in [0.15, 0.2) is 29.5 Å². The molecule has 0 spiro atoms. The van der Waals surface area contributed by atoms with Crippen molar-refractivity contribution >= 4 is 23.3 Å². The molecule has 1 unspecified atom stereocenters. The number of aliphatic hydroxyl groups excluding tert-OH is 1. The molecule has 0 aromatic heterocycles. The Balaban J connectivity index is 2.50. The van der Waals surface area contributed by atoms with Crippen LogP contribution in [0, 0.1) is 5.92 Å². The molecule has 1 heterocycles. The number of nitrogens with zero attached hydrogens (tertiary/aromatic N) is 1. The Morgan fingerprint density at radius 2 is 2.00 bits per heavy atom. The average Bonchev–Trinajstić information content (AvgIpc) is 2.79. The highest BCUT2D eigenvalue weighted by Gasteiger charge is 2.43. The summed E-state index contributed by atoms with van der Waals surface area (Å²) in [5, 5.41) is 20.1. The molecule has 136 valence electrons. The molecule has 0 saturated carbocycles. The Labute approximate surface area is 152 Å². The van der Waals surface area contributed by atoms with E-state index < -0.39 is 17.7 Å². The maximum Gasteiger partial charge on any atom is 0.290 e. The second-order valence-electron chi connectivity index (χ2n) is 6.75. The van der Waals surface area contributed by atoms with Gasteiger partial charge in [0.15, 0.2) is 11.5 Å². The predicted octanol–water partition coefficient (Wildman–Crippen LogP) is 4.16. The molecule has 0 bridgehead atoms. The molecule has 5 nitrogen and oxygen atoms in total. The lowest BCUT2D eigenvalue weighted by molar-refractivity contribution is -0.129. The highest BCUT2D eigenvalue weighted by atomic mass is 35.5. The van der Waals surface area contributed by atoms with E-state index in [-0.39, 0.29) is 34.5 Å². The zero-order valence-corrected chi connectivity index (χ0v) is 15.5. The Morgan fingerprint density at radius 1 is 1.32 bits per heavy atom. The fourth-order valence-electron chi connectivity index (χ4n) is 3.02. The maximum atomic E-state index is 12.7. The first-order valence-corrected chi connectivity index (χ1v) is 8.91. The van der Waals surface area contributed by atoms with Gasteiger partial charge in [-0.3, -0.25) is 9.59 Å². The molecule has 0 saturated heterocycles. The van der Waals surface area contributed by atoms with Crippen molar-refractivity contribution in [1.82, 2.24) is 4.90 Å². The molecule has 1 atom stereocenters. The van der Waals surface area contributed by atoms with Crippen LogP contribution >= 0.6 is 11.6 Å². The second kappa shape index (κ2) is 7.91. The molecule has 1 amide bonds. The van der Waals surface area contributed by atoms with Crippen molar-refractivity contribution in [3.63, 3.8) is 0 Å². The number of carbonyl (C=O) groups is 2. The summed E-state index contributed by atoms with van der Waals surface area (Å²) in [5.74, 6) is -1.21. The molecule has 2 N–H and O–H groups in total. The Bertz CT molecular complexity index is 711. The van der Waals surface area contributed by atoms with Gasteiger partial charge in [0.2, 0.25) is 0 Å². The largest absolute Gasteiger partial charge is 0.506 e. The number of aromatic hydroxyl groups is 1. The number of unbranched alkanes of at least 4 members (excludes halogenated alkanes) is 1. The Hall–Kier alpha value is -2.01. The maximum absolute atomic E-state index is 12.7. The van der Waals surface area contributed by atoms with Gasteiger partial charge in [0, 0.05) is 13.0 Å². The standard InChI is InChI=1S/C19H24ClNO4/c1-4-5-8-21-17(12-6-7-14(22)13(20)10-12)16(18(24)19(21)25)15(23)9-11(2)3/h6-7,10-11,17,22,24H,4-5,8-9H2,1-3H3. The number of amides is 1. The number of hydrogen-bond acceptors (Lipinski definition) is 4. The van der Waals surface area contributed by atoms with Gasteiger partial charge in [-0.25, -0.2) is 0 Å². The van der Waals surface area contributed by atoms with Gasteiger partial charge in [-0.1, -0.05) is 44.9 Å². The Kier molecular flexibility index (Phi) is 6.11. The SMILES string of the molecule is CCCCN1C(=O)C(O)=C(C(=O)CC(C)C)C1c1ccc(O)c(Cl)c1. The minimum absolute atomic E-state index is 0.0712. The highest BCUT2D eigenvalue weighted by molar-refractivity contribution is 6.32. The van der Waals surface area contributed by atoms with Crippen LogP contribution in [-0.4, -0.2) is 33.3 Å². The van der Waals surface area contributed by atoms with Crippen LogP contribution in [0.2, 0.25) is 5.02 Å². The number of hydrogen-bond donors (Lipinski definition) is 2. The van der Waals surface area contributed by atoms with Crippen molar-refractivity contribution in [1.29, 1.82) is 0 Å². The lowest BCUT2D eigenvalue weighted by Gasteiger charge is -2.27. The molecule has 0 aliphatic carbocycles. The molecule has 1 aromatic carbocycles. The van der Waals surface area contributed by atoms with Crippen molar-refractivity contribution < 1.29 is 19.8 Å². The number of phenolic OH excluding ortho intramolecular Hbond substituents is 1. The van der Waals surface area contributed by atoms with Gasteiger partial charge in [0.25, 0.3) is 5.91 Å². The number of phenols is 1. The molecular weight excluding hydrogens is 342 g/mol. The topological polar surface area (TPSA) is 77.8 Å². The van der Waals surface area contributed by atoms with E-state index in [0.29, 0.717) is 12.1 Å². The zero-order chi connectivity index (χ0) is 18.7.